The van der Waals surface area contributed by atoms with E-state index >= 15 is 0 Å². The smallest absolute Gasteiger partial charge is 0.334 e. The fourth-order valence-corrected chi connectivity index (χ4v) is 1.07. The van der Waals surface area contributed by atoms with Crippen molar-refractivity contribution < 1.29 is 19.8 Å². The van der Waals surface area contributed by atoms with Crippen LogP contribution in [-0.2, 0) is 4.79 Å². The Morgan fingerprint density at radius 3 is 2.86 bits per heavy atom. The number of carbonyl (C=O) groups excluding carboxylic acids is 1. The average molecular weight is 217 g/mol. The Labute approximate surface area is 82.5 Å². The predicted octanol–water partition coefficient (Wildman–Crippen LogP) is -1.29. The molecule has 0 fully saturated rings. The second-order valence-electron chi connectivity index (χ2n) is 2.35. The zero-order valence-electron chi connectivity index (χ0n) is 6.88. The minimum absolute atomic E-state index is 0.104. The summed E-state index contributed by atoms with van der Waals surface area (Å²) in [4.78, 5) is 21.3. The van der Waals surface area contributed by atoms with Crippen LogP contribution in [0.1, 0.15) is 10.5 Å². The van der Waals surface area contributed by atoms with E-state index in [4.69, 9.17) is 10.2 Å². The van der Waals surface area contributed by atoms with E-state index in [2.05, 4.69) is 14.9 Å². The van der Waals surface area contributed by atoms with Crippen molar-refractivity contribution in [1.82, 2.24) is 14.9 Å². The first-order valence-electron chi connectivity index (χ1n) is 3.57. The molecule has 0 radical (unpaired) electrons. The molecule has 1 rings (SSSR count). The molecular formula is C6H7N3O4S. The van der Waals surface area contributed by atoms with Gasteiger partial charge in [-0.15, -0.1) is 5.10 Å². The Morgan fingerprint density at radius 2 is 2.36 bits per heavy atom. The van der Waals surface area contributed by atoms with Crippen LogP contribution in [0.5, 0.6) is 0 Å². The maximum atomic E-state index is 11.1. The number of hydrogen-bond donors (Lipinski definition) is 3. The minimum atomic E-state index is -1.61. The van der Waals surface area contributed by atoms with Crippen LogP contribution in [0, 0.1) is 0 Å². The molecule has 0 saturated carbocycles. The summed E-state index contributed by atoms with van der Waals surface area (Å²) in [6.07, 6.45) is -1.61. The van der Waals surface area contributed by atoms with E-state index in [1.165, 1.54) is 5.38 Å². The summed E-state index contributed by atoms with van der Waals surface area (Å²) in [6.45, 7) is -0.355. The van der Waals surface area contributed by atoms with Crippen molar-refractivity contribution in [2.24, 2.45) is 0 Å². The van der Waals surface area contributed by atoms with Gasteiger partial charge in [0.1, 0.15) is 0 Å². The summed E-state index contributed by atoms with van der Waals surface area (Å²) in [7, 11) is 0. The molecule has 1 heterocycles. The van der Waals surface area contributed by atoms with Gasteiger partial charge in [0.25, 0.3) is 5.91 Å². The Hall–Kier alpha value is -1.54. The van der Waals surface area contributed by atoms with Gasteiger partial charge in [0.2, 0.25) is 0 Å². The molecular weight excluding hydrogens is 210 g/mol. The number of carboxylic acids is 1. The van der Waals surface area contributed by atoms with E-state index in [9.17, 15) is 9.59 Å². The normalized spacial score (nSPS) is 12.1. The molecule has 7 nitrogen and oxygen atoms in total. The van der Waals surface area contributed by atoms with E-state index in [0.29, 0.717) is 0 Å². The highest BCUT2D eigenvalue weighted by molar-refractivity contribution is 7.03. The molecule has 8 heteroatoms. The number of rotatable bonds is 4. The monoisotopic (exact) mass is 217 g/mol. The van der Waals surface area contributed by atoms with Crippen molar-refractivity contribution in [2.45, 2.75) is 6.10 Å². The number of hydrogen-bond acceptors (Lipinski definition) is 6. The third-order valence-electron chi connectivity index (χ3n) is 1.33. The van der Waals surface area contributed by atoms with Crippen molar-refractivity contribution in [2.75, 3.05) is 6.54 Å². The highest BCUT2D eigenvalue weighted by Crippen LogP contribution is 1.96. The lowest BCUT2D eigenvalue weighted by Gasteiger charge is -2.05. The van der Waals surface area contributed by atoms with E-state index in [1.807, 2.05) is 0 Å². The molecule has 0 aliphatic rings. The molecule has 1 aromatic rings. The number of carboxylic acid groups (broad SMARTS) is 1. The van der Waals surface area contributed by atoms with Crippen LogP contribution >= 0.6 is 11.5 Å². The van der Waals surface area contributed by atoms with Gasteiger partial charge in [-0.1, -0.05) is 4.49 Å². The van der Waals surface area contributed by atoms with Crippen LogP contribution < -0.4 is 5.32 Å². The Balaban J connectivity index is 2.40. The number of aliphatic hydroxyl groups is 1. The molecule has 0 bridgehead atoms. The minimum Gasteiger partial charge on any atom is -0.479 e. The third-order valence-corrected chi connectivity index (χ3v) is 1.84. The highest BCUT2D eigenvalue weighted by atomic mass is 32.1. The van der Waals surface area contributed by atoms with Crippen molar-refractivity contribution >= 4 is 23.4 Å². The Kier molecular flexibility index (Phi) is 3.48. The van der Waals surface area contributed by atoms with Crippen LogP contribution in [0.4, 0.5) is 0 Å². The van der Waals surface area contributed by atoms with Crippen molar-refractivity contribution in [3.8, 4) is 0 Å². The van der Waals surface area contributed by atoms with Gasteiger partial charge in [0.15, 0.2) is 11.8 Å². The molecule has 0 aromatic carbocycles. The number of carbonyl (C=O) groups is 2. The van der Waals surface area contributed by atoms with Crippen LogP contribution in [0.3, 0.4) is 0 Å². The Morgan fingerprint density at radius 1 is 1.64 bits per heavy atom. The fraction of sp³-hybridized carbons (Fsp3) is 0.333. The molecule has 1 amide bonds. The summed E-state index contributed by atoms with van der Waals surface area (Å²) in [5.41, 5.74) is 0.104. The average Bonchev–Trinajstić information content (AvgIpc) is 2.66. The van der Waals surface area contributed by atoms with Gasteiger partial charge in [-0.05, 0) is 11.5 Å². The van der Waals surface area contributed by atoms with E-state index in [1.54, 1.807) is 0 Å². The summed E-state index contributed by atoms with van der Waals surface area (Å²) < 4.78 is 3.46. The number of nitrogens with zero attached hydrogens (tertiary/aromatic N) is 2. The van der Waals surface area contributed by atoms with Gasteiger partial charge in [0, 0.05) is 5.38 Å². The molecule has 0 unspecified atom stereocenters. The van der Waals surface area contributed by atoms with E-state index in [-0.39, 0.29) is 12.2 Å². The van der Waals surface area contributed by atoms with Crippen LogP contribution in [-0.4, -0.2) is 44.3 Å². The van der Waals surface area contributed by atoms with E-state index < -0.39 is 18.0 Å². The lowest BCUT2D eigenvalue weighted by Crippen LogP contribution is -2.36. The van der Waals surface area contributed by atoms with Gasteiger partial charge in [-0.2, -0.15) is 0 Å². The zero-order chi connectivity index (χ0) is 10.6. The van der Waals surface area contributed by atoms with E-state index in [0.717, 1.165) is 11.5 Å². The lowest BCUT2D eigenvalue weighted by molar-refractivity contribution is -0.146. The first kappa shape index (κ1) is 10.5. The van der Waals surface area contributed by atoms with Crippen LogP contribution in [0.2, 0.25) is 0 Å². The molecule has 14 heavy (non-hydrogen) atoms. The molecule has 0 spiro atoms. The summed E-state index contributed by atoms with van der Waals surface area (Å²) in [5.74, 6) is -1.94. The molecule has 0 aliphatic carbocycles. The fourth-order valence-electron chi connectivity index (χ4n) is 0.631. The standard InChI is InChI=1S/C6H7N3O4S/c10-4(6(12)13)1-7-5(11)3-2-14-9-8-3/h2,4,10H,1H2,(H,7,11)(H,12,13)/t4-/m0/s1. The van der Waals surface area contributed by atoms with Gasteiger partial charge < -0.3 is 15.5 Å². The largest absolute Gasteiger partial charge is 0.479 e. The third kappa shape index (κ3) is 2.75. The maximum absolute atomic E-state index is 11.1. The maximum Gasteiger partial charge on any atom is 0.334 e. The van der Waals surface area contributed by atoms with Gasteiger partial charge in [0.05, 0.1) is 6.54 Å². The second kappa shape index (κ2) is 4.63. The number of aliphatic hydroxyl groups excluding tert-OH is 1. The summed E-state index contributed by atoms with van der Waals surface area (Å²) in [5, 5.41) is 24.2. The quantitative estimate of drug-likeness (QED) is 0.578. The number of amides is 1. The van der Waals surface area contributed by atoms with Crippen molar-refractivity contribution in [3.63, 3.8) is 0 Å². The molecule has 1 aromatic heterocycles. The molecule has 0 saturated heterocycles. The number of nitrogens with one attached hydrogen (secondary N) is 1. The first-order valence-corrected chi connectivity index (χ1v) is 4.41. The number of aromatic nitrogens is 2. The number of aliphatic carboxylic acids is 1. The highest BCUT2D eigenvalue weighted by Gasteiger charge is 2.15. The molecule has 3 N–H and O–H groups in total. The zero-order valence-corrected chi connectivity index (χ0v) is 7.69. The first-order chi connectivity index (χ1) is 6.61. The molecule has 1 atom stereocenters. The molecule has 76 valence electrons. The topological polar surface area (TPSA) is 112 Å². The Bertz CT molecular complexity index is 326. The predicted molar refractivity (Wildman–Crippen MR) is 45.9 cm³/mol. The van der Waals surface area contributed by atoms with Gasteiger partial charge >= 0.3 is 5.97 Å². The van der Waals surface area contributed by atoms with Gasteiger partial charge in [-0.25, -0.2) is 4.79 Å². The second-order valence-corrected chi connectivity index (χ2v) is 2.96. The van der Waals surface area contributed by atoms with Crippen molar-refractivity contribution in [1.29, 1.82) is 0 Å². The summed E-state index contributed by atoms with van der Waals surface area (Å²) in [6, 6.07) is 0. The van der Waals surface area contributed by atoms with Crippen LogP contribution in [0.25, 0.3) is 0 Å². The SMILES string of the molecule is O=C(NC[C@H](O)C(=O)O)c1csnn1. The molecule has 0 aliphatic heterocycles. The van der Waals surface area contributed by atoms with Gasteiger partial charge in [-0.3, -0.25) is 4.79 Å². The summed E-state index contributed by atoms with van der Waals surface area (Å²) >= 11 is 1.01. The lowest BCUT2D eigenvalue weighted by atomic mass is 10.3. The van der Waals surface area contributed by atoms with Crippen LogP contribution in [0.15, 0.2) is 5.38 Å². The van der Waals surface area contributed by atoms with Crippen molar-refractivity contribution in [3.05, 3.63) is 11.1 Å².